The van der Waals surface area contributed by atoms with Gasteiger partial charge in [-0.3, -0.25) is 0 Å². The minimum atomic E-state index is 0.317. The van der Waals surface area contributed by atoms with Gasteiger partial charge in [-0.1, -0.05) is 13.8 Å². The van der Waals surface area contributed by atoms with Crippen LogP contribution in [0.25, 0.3) is 0 Å². The number of rotatable bonds is 1. The fraction of sp³-hybridized carbons (Fsp3) is 0.636. The molecule has 0 spiro atoms. The molecule has 1 aliphatic rings. The molecule has 0 aromatic carbocycles. The molecule has 1 aromatic rings. The zero-order chi connectivity index (χ0) is 11.0. The van der Waals surface area contributed by atoms with E-state index in [0.29, 0.717) is 17.8 Å². The van der Waals surface area contributed by atoms with Crippen LogP contribution in [0.3, 0.4) is 0 Å². The Bertz CT molecular complexity index is 373. The molecule has 0 saturated carbocycles. The molecule has 0 radical (unpaired) electrons. The third-order valence-corrected chi connectivity index (χ3v) is 2.88. The van der Waals surface area contributed by atoms with Gasteiger partial charge in [-0.2, -0.15) is 0 Å². The molecule has 2 rings (SSSR count). The third-order valence-electron chi connectivity index (χ3n) is 2.88. The molecule has 3 N–H and O–H groups in total. The van der Waals surface area contributed by atoms with E-state index in [0.717, 1.165) is 30.0 Å². The molecule has 0 amide bonds. The molecule has 1 unspecified atom stereocenters. The number of hydrogen-bond acceptors (Lipinski definition) is 4. The van der Waals surface area contributed by atoms with E-state index in [1.54, 1.807) is 0 Å². The Hall–Kier alpha value is -1.16. The molecular weight excluding hydrogens is 188 g/mol. The van der Waals surface area contributed by atoms with Gasteiger partial charge in [0.25, 0.3) is 0 Å². The van der Waals surface area contributed by atoms with Crippen LogP contribution in [0.2, 0.25) is 0 Å². The number of nitrogens with one attached hydrogen (secondary N) is 1. The Morgan fingerprint density at radius 1 is 1.40 bits per heavy atom. The van der Waals surface area contributed by atoms with Crippen molar-refractivity contribution >= 4 is 5.82 Å². The van der Waals surface area contributed by atoms with E-state index in [2.05, 4.69) is 29.1 Å². The molecule has 0 saturated heterocycles. The highest BCUT2D eigenvalue weighted by molar-refractivity contribution is 5.45. The van der Waals surface area contributed by atoms with Gasteiger partial charge in [0.05, 0.1) is 11.7 Å². The summed E-state index contributed by atoms with van der Waals surface area (Å²) in [6.07, 6.45) is 0.935. The first-order valence-electron chi connectivity index (χ1n) is 5.46. The summed E-state index contributed by atoms with van der Waals surface area (Å²) in [5.74, 6) is 1.95. The number of hydrogen-bond donors (Lipinski definition) is 2. The van der Waals surface area contributed by atoms with E-state index in [1.807, 2.05) is 6.92 Å². The minimum absolute atomic E-state index is 0.317. The van der Waals surface area contributed by atoms with E-state index in [4.69, 9.17) is 5.73 Å². The predicted octanol–water partition coefficient (Wildman–Crippen LogP) is 1.21. The molecule has 0 aliphatic carbocycles. The highest BCUT2D eigenvalue weighted by Gasteiger charge is 2.26. The normalized spacial score (nSPS) is 20.4. The van der Waals surface area contributed by atoms with Gasteiger partial charge in [0, 0.05) is 12.1 Å². The largest absolute Gasteiger partial charge is 0.383 e. The van der Waals surface area contributed by atoms with Crippen molar-refractivity contribution in [1.29, 1.82) is 0 Å². The molecule has 1 atom stereocenters. The number of fused-ring (bicyclic) bond motifs is 1. The van der Waals surface area contributed by atoms with Crippen LogP contribution in [-0.2, 0) is 6.42 Å². The van der Waals surface area contributed by atoms with E-state index >= 15 is 0 Å². The zero-order valence-corrected chi connectivity index (χ0v) is 9.54. The van der Waals surface area contributed by atoms with Crippen LogP contribution in [0.5, 0.6) is 0 Å². The Balaban J connectivity index is 2.50. The number of nitrogen functional groups attached to an aromatic ring is 1. The van der Waals surface area contributed by atoms with Crippen molar-refractivity contribution in [3.05, 3.63) is 17.1 Å². The van der Waals surface area contributed by atoms with Gasteiger partial charge >= 0.3 is 0 Å². The topological polar surface area (TPSA) is 63.8 Å². The standard InChI is InChI=1S/C11H18N4/c1-6(2)9-10-8(4-5-13-9)11(12)15-7(3)14-10/h6,9,13H,4-5H2,1-3H3,(H2,12,14,15). The van der Waals surface area contributed by atoms with Crippen LogP contribution in [0.15, 0.2) is 0 Å². The average Bonchev–Trinajstić information content (AvgIpc) is 2.16. The molecule has 1 aromatic heterocycles. The Morgan fingerprint density at radius 3 is 2.80 bits per heavy atom. The van der Waals surface area contributed by atoms with Gasteiger partial charge in [-0.05, 0) is 19.3 Å². The van der Waals surface area contributed by atoms with Crippen LogP contribution < -0.4 is 11.1 Å². The van der Waals surface area contributed by atoms with E-state index in [1.165, 1.54) is 0 Å². The number of anilines is 1. The summed E-state index contributed by atoms with van der Waals surface area (Å²) in [6.45, 7) is 7.25. The van der Waals surface area contributed by atoms with Crippen molar-refractivity contribution in [2.45, 2.75) is 33.2 Å². The second kappa shape index (κ2) is 3.77. The fourth-order valence-electron chi connectivity index (χ4n) is 2.15. The predicted molar refractivity (Wildman–Crippen MR) is 60.5 cm³/mol. The van der Waals surface area contributed by atoms with Crippen LogP contribution >= 0.6 is 0 Å². The molecular formula is C11H18N4. The van der Waals surface area contributed by atoms with Crippen molar-refractivity contribution in [3.8, 4) is 0 Å². The highest BCUT2D eigenvalue weighted by Crippen LogP contribution is 2.29. The van der Waals surface area contributed by atoms with Gasteiger partial charge in [0.15, 0.2) is 0 Å². The van der Waals surface area contributed by atoms with Crippen LogP contribution in [0.1, 0.15) is 37.0 Å². The second-order valence-corrected chi connectivity index (χ2v) is 4.45. The summed E-state index contributed by atoms with van der Waals surface area (Å²) < 4.78 is 0. The molecule has 0 bridgehead atoms. The zero-order valence-electron chi connectivity index (χ0n) is 9.54. The average molecular weight is 206 g/mol. The monoisotopic (exact) mass is 206 g/mol. The van der Waals surface area contributed by atoms with Gasteiger partial charge in [-0.25, -0.2) is 9.97 Å². The minimum Gasteiger partial charge on any atom is -0.383 e. The lowest BCUT2D eigenvalue weighted by atomic mass is 9.92. The summed E-state index contributed by atoms with van der Waals surface area (Å²) in [7, 11) is 0. The summed E-state index contributed by atoms with van der Waals surface area (Å²) in [5, 5.41) is 3.48. The molecule has 4 nitrogen and oxygen atoms in total. The van der Waals surface area contributed by atoms with E-state index < -0.39 is 0 Å². The molecule has 0 fully saturated rings. The first-order chi connectivity index (χ1) is 7.09. The second-order valence-electron chi connectivity index (χ2n) is 4.45. The number of aryl methyl sites for hydroxylation is 1. The van der Waals surface area contributed by atoms with Crippen molar-refractivity contribution in [2.75, 3.05) is 12.3 Å². The van der Waals surface area contributed by atoms with Crippen LogP contribution in [-0.4, -0.2) is 16.5 Å². The third kappa shape index (κ3) is 1.81. The first-order valence-corrected chi connectivity index (χ1v) is 5.46. The Morgan fingerprint density at radius 2 is 2.13 bits per heavy atom. The number of nitrogens with zero attached hydrogens (tertiary/aromatic N) is 2. The maximum Gasteiger partial charge on any atom is 0.130 e. The van der Waals surface area contributed by atoms with Crippen molar-refractivity contribution in [3.63, 3.8) is 0 Å². The Kier molecular flexibility index (Phi) is 2.61. The van der Waals surface area contributed by atoms with Crippen molar-refractivity contribution < 1.29 is 0 Å². The number of aromatic nitrogens is 2. The molecule has 4 heteroatoms. The van der Waals surface area contributed by atoms with E-state index in [9.17, 15) is 0 Å². The lowest BCUT2D eigenvalue weighted by molar-refractivity contribution is 0.384. The van der Waals surface area contributed by atoms with E-state index in [-0.39, 0.29) is 0 Å². The highest BCUT2D eigenvalue weighted by atomic mass is 15.0. The summed E-state index contributed by atoms with van der Waals surface area (Å²) in [5.41, 5.74) is 8.16. The lowest BCUT2D eigenvalue weighted by Gasteiger charge is -2.29. The number of nitrogens with two attached hydrogens (primary N) is 1. The lowest BCUT2D eigenvalue weighted by Crippen LogP contribution is -2.35. The quantitative estimate of drug-likeness (QED) is 0.725. The summed E-state index contributed by atoms with van der Waals surface area (Å²) in [4.78, 5) is 8.74. The van der Waals surface area contributed by atoms with Crippen molar-refractivity contribution in [2.24, 2.45) is 5.92 Å². The molecule has 15 heavy (non-hydrogen) atoms. The SMILES string of the molecule is Cc1nc(N)c2c(n1)C(C(C)C)NCC2. The van der Waals surface area contributed by atoms with Crippen LogP contribution in [0.4, 0.5) is 5.82 Å². The fourth-order valence-corrected chi connectivity index (χ4v) is 2.15. The van der Waals surface area contributed by atoms with Gasteiger partial charge < -0.3 is 11.1 Å². The molecule has 1 aliphatic heterocycles. The summed E-state index contributed by atoms with van der Waals surface area (Å²) in [6, 6.07) is 0.317. The molecule has 2 heterocycles. The maximum absolute atomic E-state index is 5.93. The van der Waals surface area contributed by atoms with Gasteiger partial charge in [0.1, 0.15) is 11.6 Å². The van der Waals surface area contributed by atoms with Gasteiger partial charge in [0.2, 0.25) is 0 Å². The first kappa shape index (κ1) is 10.4. The van der Waals surface area contributed by atoms with Crippen molar-refractivity contribution in [1.82, 2.24) is 15.3 Å². The smallest absolute Gasteiger partial charge is 0.130 e. The summed E-state index contributed by atoms with van der Waals surface area (Å²) >= 11 is 0. The van der Waals surface area contributed by atoms with Gasteiger partial charge in [-0.15, -0.1) is 0 Å². The van der Waals surface area contributed by atoms with Crippen LogP contribution in [0, 0.1) is 12.8 Å². The molecule has 82 valence electrons. The Labute approximate surface area is 90.3 Å². The maximum atomic E-state index is 5.93.